The summed E-state index contributed by atoms with van der Waals surface area (Å²) in [4.78, 5) is 12.0. The molecule has 0 saturated heterocycles. The van der Waals surface area contributed by atoms with Gasteiger partial charge in [-0.3, -0.25) is 14.7 Å². The molecule has 0 aliphatic carbocycles. The Balaban J connectivity index is 1.87. The zero-order chi connectivity index (χ0) is 24.4. The molecule has 0 bridgehead atoms. The molecule has 33 heavy (non-hydrogen) atoms. The molecule has 0 aliphatic heterocycles. The summed E-state index contributed by atoms with van der Waals surface area (Å²) in [5.74, 6) is 4.07. The summed E-state index contributed by atoms with van der Waals surface area (Å²) < 4.78 is 38.8. The van der Waals surface area contributed by atoms with Crippen LogP contribution in [0, 0.1) is 17.7 Å². The third-order valence-corrected chi connectivity index (χ3v) is 7.72. The van der Waals surface area contributed by atoms with Gasteiger partial charge >= 0.3 is 0 Å². The normalized spacial score (nSPS) is 14.2. The van der Waals surface area contributed by atoms with Crippen LogP contribution in [0.3, 0.4) is 0 Å². The molecule has 8 nitrogen and oxygen atoms in total. The molecule has 1 amide bonds. The third-order valence-electron chi connectivity index (χ3n) is 5.70. The molecule has 174 valence electrons. The Bertz CT molecular complexity index is 1350. The molecule has 0 radical (unpaired) electrons. The van der Waals surface area contributed by atoms with E-state index in [4.69, 9.17) is 5.21 Å². The van der Waals surface area contributed by atoms with Crippen LogP contribution < -0.4 is 5.48 Å². The molecule has 0 fully saturated rings. The Morgan fingerprint density at radius 2 is 1.91 bits per heavy atom. The van der Waals surface area contributed by atoms with Gasteiger partial charge in [0.1, 0.15) is 5.82 Å². The molecule has 2 atom stereocenters. The number of carbonyl (C=O) groups excluding carboxylic acids is 1. The second-order valence-corrected chi connectivity index (χ2v) is 10.4. The van der Waals surface area contributed by atoms with E-state index < -0.39 is 32.4 Å². The number of rotatable bonds is 6. The van der Waals surface area contributed by atoms with Crippen molar-refractivity contribution in [2.24, 2.45) is 0 Å². The van der Waals surface area contributed by atoms with Crippen molar-refractivity contribution >= 4 is 26.6 Å². The Labute approximate surface area is 190 Å². The van der Waals surface area contributed by atoms with E-state index in [0.29, 0.717) is 11.1 Å². The number of nitrogens with one attached hydrogen (secondary N) is 1. The quantitative estimate of drug-likeness (QED) is 0.287. The lowest BCUT2D eigenvalue weighted by molar-refractivity contribution is -0.131. The number of aromatic nitrogens is 2. The first kappa shape index (κ1) is 24.4. The van der Waals surface area contributed by atoms with Gasteiger partial charge in [0, 0.05) is 18.4 Å². The lowest BCUT2D eigenvalue weighted by Crippen LogP contribution is -2.49. The van der Waals surface area contributed by atoms with Crippen molar-refractivity contribution in [3.05, 3.63) is 65.1 Å². The largest absolute Gasteiger partial charge is 0.389 e. The van der Waals surface area contributed by atoms with E-state index in [2.05, 4.69) is 16.9 Å². The fourth-order valence-corrected chi connectivity index (χ4v) is 4.13. The van der Waals surface area contributed by atoms with Gasteiger partial charge in [-0.15, -0.1) is 0 Å². The highest BCUT2D eigenvalue weighted by Gasteiger charge is 2.43. The fourth-order valence-electron chi connectivity index (χ4n) is 3.28. The number of hydrogen-bond donors (Lipinski definition) is 3. The number of halogens is 1. The standard InChI is InChI=1S/C23H24FN3O5S/c1-15(28)17-7-4-16(5-8-17)6-9-18-10-11-20-19(21(18)24)14-25-27(20)13-12-23(2,22(29)26-30)33(3,31)32/h4-5,7-8,10-11,14-15,28,30H,12-13H2,1-3H3,(H,26,29)/t15-,23-/m1/s1. The van der Waals surface area contributed by atoms with E-state index in [-0.39, 0.29) is 23.9 Å². The second-order valence-electron chi connectivity index (χ2n) is 7.97. The number of benzene rings is 2. The SMILES string of the molecule is C[C@@H](O)c1ccc(C#Cc2ccc3c(cnn3CC[C@](C)(C(=O)NO)S(C)(=O)=O)c2F)cc1. The highest BCUT2D eigenvalue weighted by molar-refractivity contribution is 7.92. The molecule has 3 N–H and O–H groups in total. The van der Waals surface area contributed by atoms with Gasteiger partial charge in [0.2, 0.25) is 0 Å². The van der Waals surface area contributed by atoms with Gasteiger partial charge in [-0.1, -0.05) is 24.0 Å². The number of fused-ring (bicyclic) bond motifs is 1. The summed E-state index contributed by atoms with van der Waals surface area (Å²) in [6.45, 7) is 2.87. The molecule has 1 aromatic heterocycles. The Kier molecular flexibility index (Phi) is 6.88. The highest BCUT2D eigenvalue weighted by Crippen LogP contribution is 2.25. The number of hydroxylamine groups is 1. The fraction of sp³-hybridized carbons (Fsp3) is 0.304. The summed E-state index contributed by atoms with van der Waals surface area (Å²) in [6, 6.07) is 10.1. The molecule has 2 aromatic carbocycles. The zero-order valence-corrected chi connectivity index (χ0v) is 19.1. The van der Waals surface area contributed by atoms with Crippen LogP contribution in [0.5, 0.6) is 0 Å². The molecule has 3 rings (SSSR count). The monoisotopic (exact) mass is 473 g/mol. The Morgan fingerprint density at radius 1 is 1.24 bits per heavy atom. The average molecular weight is 474 g/mol. The zero-order valence-electron chi connectivity index (χ0n) is 18.3. The number of hydrogen-bond acceptors (Lipinski definition) is 6. The number of carbonyl (C=O) groups is 1. The summed E-state index contributed by atoms with van der Waals surface area (Å²) >= 11 is 0. The molecular formula is C23H24FN3O5S. The van der Waals surface area contributed by atoms with Gasteiger partial charge in [0.25, 0.3) is 5.91 Å². The molecular weight excluding hydrogens is 449 g/mol. The minimum atomic E-state index is -3.86. The lowest BCUT2D eigenvalue weighted by atomic mass is 10.1. The maximum atomic E-state index is 15.0. The van der Waals surface area contributed by atoms with Crippen LogP contribution in [-0.2, 0) is 21.2 Å². The van der Waals surface area contributed by atoms with Crippen molar-refractivity contribution < 1.29 is 27.9 Å². The van der Waals surface area contributed by atoms with Gasteiger partial charge < -0.3 is 5.11 Å². The van der Waals surface area contributed by atoms with Crippen molar-refractivity contribution in [1.29, 1.82) is 0 Å². The van der Waals surface area contributed by atoms with Crippen molar-refractivity contribution in [1.82, 2.24) is 15.3 Å². The summed E-state index contributed by atoms with van der Waals surface area (Å²) in [6.07, 6.45) is 1.46. The van der Waals surface area contributed by atoms with E-state index in [1.807, 2.05) is 0 Å². The van der Waals surface area contributed by atoms with Crippen LogP contribution >= 0.6 is 0 Å². The van der Waals surface area contributed by atoms with Crippen LogP contribution in [0.2, 0.25) is 0 Å². The van der Waals surface area contributed by atoms with Crippen LogP contribution in [0.4, 0.5) is 4.39 Å². The van der Waals surface area contributed by atoms with Crippen molar-refractivity contribution in [2.75, 3.05) is 6.26 Å². The van der Waals surface area contributed by atoms with Crippen LogP contribution in [0.15, 0.2) is 42.6 Å². The van der Waals surface area contributed by atoms with E-state index in [1.54, 1.807) is 37.3 Å². The number of sulfone groups is 1. The van der Waals surface area contributed by atoms with Crippen LogP contribution in [-0.4, -0.2) is 45.4 Å². The molecule has 0 unspecified atom stereocenters. The van der Waals surface area contributed by atoms with Gasteiger partial charge in [-0.05, 0) is 50.1 Å². The van der Waals surface area contributed by atoms with E-state index >= 15 is 4.39 Å². The Morgan fingerprint density at radius 3 is 2.48 bits per heavy atom. The maximum absolute atomic E-state index is 15.0. The van der Waals surface area contributed by atoms with E-state index in [1.165, 1.54) is 29.3 Å². The molecule has 0 saturated carbocycles. The van der Waals surface area contributed by atoms with Gasteiger partial charge in [0.15, 0.2) is 14.6 Å². The van der Waals surface area contributed by atoms with E-state index in [9.17, 15) is 18.3 Å². The second kappa shape index (κ2) is 9.31. The predicted octanol–water partition coefficient (Wildman–Crippen LogP) is 2.33. The minimum absolute atomic E-state index is 0.000579. The highest BCUT2D eigenvalue weighted by atomic mass is 32.2. The number of nitrogens with zero attached hydrogens (tertiary/aromatic N) is 2. The van der Waals surface area contributed by atoms with Crippen LogP contribution in [0.25, 0.3) is 10.9 Å². The van der Waals surface area contributed by atoms with Crippen LogP contribution in [0.1, 0.15) is 43.1 Å². The third kappa shape index (κ3) is 4.90. The van der Waals surface area contributed by atoms with Crippen molar-refractivity contribution in [3.63, 3.8) is 0 Å². The van der Waals surface area contributed by atoms with Gasteiger partial charge in [-0.25, -0.2) is 18.3 Å². The first-order valence-electron chi connectivity index (χ1n) is 10.1. The topological polar surface area (TPSA) is 122 Å². The minimum Gasteiger partial charge on any atom is -0.389 e. The summed E-state index contributed by atoms with van der Waals surface area (Å²) in [5, 5.41) is 22.8. The number of aryl methyl sites for hydroxylation is 1. The maximum Gasteiger partial charge on any atom is 0.264 e. The lowest BCUT2D eigenvalue weighted by Gasteiger charge is -2.25. The molecule has 3 aromatic rings. The first-order valence-corrected chi connectivity index (χ1v) is 12.0. The summed E-state index contributed by atoms with van der Waals surface area (Å²) in [7, 11) is -3.86. The van der Waals surface area contributed by atoms with E-state index in [0.717, 1.165) is 11.8 Å². The summed E-state index contributed by atoms with van der Waals surface area (Å²) in [5.41, 5.74) is 3.40. The first-order chi connectivity index (χ1) is 15.5. The smallest absolute Gasteiger partial charge is 0.264 e. The Hall–Kier alpha value is -3.26. The number of aliphatic hydroxyl groups excluding tert-OH is 1. The van der Waals surface area contributed by atoms with Gasteiger partial charge in [-0.2, -0.15) is 5.10 Å². The van der Waals surface area contributed by atoms with Crippen molar-refractivity contribution in [2.45, 2.75) is 37.7 Å². The molecule has 0 spiro atoms. The average Bonchev–Trinajstić information content (AvgIpc) is 3.19. The predicted molar refractivity (Wildman–Crippen MR) is 121 cm³/mol. The van der Waals surface area contributed by atoms with Crippen molar-refractivity contribution in [3.8, 4) is 11.8 Å². The number of aliphatic hydroxyl groups is 1. The molecule has 0 aliphatic rings. The molecule has 1 heterocycles. The number of amides is 1. The molecule has 10 heteroatoms. The van der Waals surface area contributed by atoms with Gasteiger partial charge in [0.05, 0.1) is 28.8 Å².